The van der Waals surface area contributed by atoms with Crippen LogP contribution in [-0.2, 0) is 17.8 Å². The molecule has 0 aliphatic heterocycles. The van der Waals surface area contributed by atoms with E-state index < -0.39 is 5.97 Å². The maximum Gasteiger partial charge on any atom is 0.335 e. The fourth-order valence-electron chi connectivity index (χ4n) is 2.13. The lowest BCUT2D eigenvalue weighted by Crippen LogP contribution is -2.28. The van der Waals surface area contributed by atoms with Crippen LogP contribution in [0.1, 0.15) is 21.5 Å². The molecule has 0 unspecified atom stereocenters. The second-order valence-electron chi connectivity index (χ2n) is 4.87. The maximum absolute atomic E-state index is 12.2. The molecular weight excluding hydrogens is 266 g/mol. The minimum Gasteiger partial charge on any atom is -0.478 e. The van der Waals surface area contributed by atoms with E-state index in [4.69, 9.17) is 5.11 Å². The Balaban J connectivity index is 2.06. The molecule has 4 heteroatoms. The van der Waals surface area contributed by atoms with Crippen molar-refractivity contribution in [3.8, 4) is 0 Å². The molecule has 2 aromatic rings. The number of likely N-dealkylation sites (N-methyl/N-ethyl adjacent to an activating group) is 1. The summed E-state index contributed by atoms with van der Waals surface area (Å²) >= 11 is 0. The highest BCUT2D eigenvalue weighted by atomic mass is 16.4. The summed E-state index contributed by atoms with van der Waals surface area (Å²) in [4.78, 5) is 25.0. The first-order chi connectivity index (χ1) is 10.1. The molecule has 0 heterocycles. The zero-order valence-corrected chi connectivity index (χ0v) is 11.8. The first-order valence-corrected chi connectivity index (χ1v) is 6.67. The number of aromatic carboxylic acids is 1. The fourth-order valence-corrected chi connectivity index (χ4v) is 2.13. The van der Waals surface area contributed by atoms with Crippen LogP contribution < -0.4 is 0 Å². The average Bonchev–Trinajstić information content (AvgIpc) is 2.48. The van der Waals surface area contributed by atoms with Crippen LogP contribution in [-0.4, -0.2) is 28.9 Å². The van der Waals surface area contributed by atoms with Crippen molar-refractivity contribution in [3.05, 3.63) is 71.3 Å². The van der Waals surface area contributed by atoms with Crippen LogP contribution in [0, 0.1) is 0 Å². The van der Waals surface area contributed by atoms with Gasteiger partial charge in [0.15, 0.2) is 0 Å². The van der Waals surface area contributed by atoms with Gasteiger partial charge in [0, 0.05) is 13.6 Å². The predicted molar refractivity (Wildman–Crippen MR) is 80.0 cm³/mol. The molecule has 0 aliphatic rings. The fraction of sp³-hybridized carbons (Fsp3) is 0.176. The Kier molecular flexibility index (Phi) is 4.72. The molecule has 2 aromatic carbocycles. The van der Waals surface area contributed by atoms with Gasteiger partial charge in [-0.25, -0.2) is 4.79 Å². The molecule has 0 bridgehead atoms. The van der Waals surface area contributed by atoms with Gasteiger partial charge in [0.25, 0.3) is 0 Å². The molecule has 21 heavy (non-hydrogen) atoms. The third-order valence-corrected chi connectivity index (χ3v) is 3.28. The summed E-state index contributed by atoms with van der Waals surface area (Å²) < 4.78 is 0. The second kappa shape index (κ2) is 6.70. The van der Waals surface area contributed by atoms with Crippen molar-refractivity contribution in [2.75, 3.05) is 7.05 Å². The van der Waals surface area contributed by atoms with Gasteiger partial charge in [0.05, 0.1) is 12.0 Å². The van der Waals surface area contributed by atoms with Crippen LogP contribution in [0.15, 0.2) is 54.6 Å². The van der Waals surface area contributed by atoms with E-state index in [1.807, 2.05) is 30.3 Å². The Hall–Kier alpha value is -2.62. The van der Waals surface area contributed by atoms with Crippen LogP contribution in [0.5, 0.6) is 0 Å². The van der Waals surface area contributed by atoms with E-state index >= 15 is 0 Å². The van der Waals surface area contributed by atoms with Crippen LogP contribution in [0.2, 0.25) is 0 Å². The van der Waals surface area contributed by atoms with Gasteiger partial charge in [-0.1, -0.05) is 48.5 Å². The van der Waals surface area contributed by atoms with Crippen molar-refractivity contribution in [2.45, 2.75) is 13.0 Å². The van der Waals surface area contributed by atoms with Crippen molar-refractivity contribution in [3.63, 3.8) is 0 Å². The topological polar surface area (TPSA) is 57.6 Å². The van der Waals surface area contributed by atoms with Gasteiger partial charge in [0.2, 0.25) is 5.91 Å². The number of carbonyl (C=O) groups is 2. The lowest BCUT2D eigenvalue weighted by Gasteiger charge is -2.18. The Morgan fingerprint density at radius 3 is 2.29 bits per heavy atom. The van der Waals surface area contributed by atoms with Crippen molar-refractivity contribution in [1.29, 1.82) is 0 Å². The highest BCUT2D eigenvalue weighted by Crippen LogP contribution is 2.12. The minimum atomic E-state index is -1.01. The van der Waals surface area contributed by atoms with Gasteiger partial charge in [-0.2, -0.15) is 0 Å². The van der Waals surface area contributed by atoms with E-state index in [1.54, 1.807) is 30.1 Å². The van der Waals surface area contributed by atoms with Crippen molar-refractivity contribution in [1.82, 2.24) is 4.90 Å². The van der Waals surface area contributed by atoms with Gasteiger partial charge < -0.3 is 10.0 Å². The highest BCUT2D eigenvalue weighted by Gasteiger charge is 2.15. The first-order valence-electron chi connectivity index (χ1n) is 6.67. The van der Waals surface area contributed by atoms with Crippen molar-refractivity contribution >= 4 is 11.9 Å². The largest absolute Gasteiger partial charge is 0.478 e. The molecule has 2 rings (SSSR count). The molecule has 4 nitrogen and oxygen atoms in total. The number of hydrogen-bond acceptors (Lipinski definition) is 2. The number of amides is 1. The van der Waals surface area contributed by atoms with E-state index in [2.05, 4.69) is 0 Å². The zero-order chi connectivity index (χ0) is 15.2. The van der Waals surface area contributed by atoms with Crippen molar-refractivity contribution < 1.29 is 14.7 Å². The summed E-state index contributed by atoms with van der Waals surface area (Å²) in [5.41, 5.74) is 1.76. The SMILES string of the molecule is CN(Cc1ccccc1)C(=O)Cc1ccccc1C(=O)O. The standard InChI is InChI=1S/C17H17NO3/c1-18(12-13-7-3-2-4-8-13)16(19)11-14-9-5-6-10-15(14)17(20)21/h2-10H,11-12H2,1H3,(H,20,21). The van der Waals surface area contributed by atoms with E-state index in [-0.39, 0.29) is 17.9 Å². The third-order valence-electron chi connectivity index (χ3n) is 3.28. The lowest BCUT2D eigenvalue weighted by atomic mass is 10.0. The molecule has 108 valence electrons. The Labute approximate surface area is 123 Å². The first kappa shape index (κ1) is 14.8. The molecule has 0 saturated carbocycles. The van der Waals surface area contributed by atoms with Gasteiger partial charge in [0.1, 0.15) is 0 Å². The van der Waals surface area contributed by atoms with E-state index in [0.29, 0.717) is 12.1 Å². The van der Waals surface area contributed by atoms with Crippen molar-refractivity contribution in [2.24, 2.45) is 0 Å². The normalized spacial score (nSPS) is 10.1. The number of rotatable bonds is 5. The number of carboxylic acid groups (broad SMARTS) is 1. The molecular formula is C17H17NO3. The van der Waals surface area contributed by atoms with Gasteiger partial charge in [-0.15, -0.1) is 0 Å². The maximum atomic E-state index is 12.2. The Bertz CT molecular complexity index is 637. The summed E-state index contributed by atoms with van der Waals surface area (Å²) in [6.45, 7) is 0.509. The molecule has 0 atom stereocenters. The van der Waals surface area contributed by atoms with Crippen LogP contribution in [0.25, 0.3) is 0 Å². The Morgan fingerprint density at radius 1 is 1.00 bits per heavy atom. The summed E-state index contributed by atoms with van der Waals surface area (Å²) in [5.74, 6) is -1.11. The molecule has 0 spiro atoms. The zero-order valence-electron chi connectivity index (χ0n) is 11.8. The monoisotopic (exact) mass is 283 g/mol. The number of carboxylic acids is 1. The lowest BCUT2D eigenvalue weighted by molar-refractivity contribution is -0.129. The summed E-state index contributed by atoms with van der Waals surface area (Å²) in [6, 6.07) is 16.3. The average molecular weight is 283 g/mol. The van der Waals surface area contributed by atoms with Crippen LogP contribution in [0.3, 0.4) is 0 Å². The molecule has 0 radical (unpaired) electrons. The van der Waals surface area contributed by atoms with Gasteiger partial charge >= 0.3 is 5.97 Å². The molecule has 0 aromatic heterocycles. The summed E-state index contributed by atoms with van der Waals surface area (Å²) in [7, 11) is 1.72. The number of hydrogen-bond donors (Lipinski definition) is 1. The predicted octanol–water partition coefficient (Wildman–Crippen LogP) is 2.59. The third kappa shape index (κ3) is 3.92. The quantitative estimate of drug-likeness (QED) is 0.917. The molecule has 1 amide bonds. The summed E-state index contributed by atoms with van der Waals surface area (Å²) in [5, 5.41) is 9.13. The smallest absolute Gasteiger partial charge is 0.335 e. The van der Waals surface area contributed by atoms with Gasteiger partial charge in [-0.3, -0.25) is 4.79 Å². The Morgan fingerprint density at radius 2 is 1.62 bits per heavy atom. The number of benzene rings is 2. The summed E-state index contributed by atoms with van der Waals surface area (Å²) in [6.07, 6.45) is 0.0891. The highest BCUT2D eigenvalue weighted by molar-refractivity contribution is 5.91. The molecule has 0 aliphatic carbocycles. The van der Waals surface area contributed by atoms with E-state index in [1.165, 1.54) is 6.07 Å². The second-order valence-corrected chi connectivity index (χ2v) is 4.87. The van der Waals surface area contributed by atoms with E-state index in [0.717, 1.165) is 5.56 Å². The minimum absolute atomic E-state index is 0.0891. The van der Waals surface area contributed by atoms with Crippen LogP contribution >= 0.6 is 0 Å². The number of carbonyl (C=O) groups excluding carboxylic acids is 1. The van der Waals surface area contributed by atoms with Crippen LogP contribution in [0.4, 0.5) is 0 Å². The van der Waals surface area contributed by atoms with Gasteiger partial charge in [-0.05, 0) is 17.2 Å². The number of nitrogens with zero attached hydrogens (tertiary/aromatic N) is 1. The van der Waals surface area contributed by atoms with E-state index in [9.17, 15) is 9.59 Å². The molecule has 0 saturated heterocycles. The molecule has 1 N–H and O–H groups in total. The molecule has 0 fully saturated rings.